The van der Waals surface area contributed by atoms with E-state index in [1.54, 1.807) is 12.1 Å². The van der Waals surface area contributed by atoms with Crippen molar-refractivity contribution in [3.8, 4) is 11.5 Å². The Hall–Kier alpha value is -4.69. The monoisotopic (exact) mass is 560 g/mol. The highest BCUT2D eigenvalue weighted by molar-refractivity contribution is 6.27. The van der Waals surface area contributed by atoms with Crippen molar-refractivity contribution < 1.29 is 48.4 Å². The van der Waals surface area contributed by atoms with Crippen LogP contribution in [0, 0.1) is 12.7 Å². The van der Waals surface area contributed by atoms with Gasteiger partial charge in [0.15, 0.2) is 0 Å². The van der Waals surface area contributed by atoms with Gasteiger partial charge in [-0.1, -0.05) is 29.8 Å². The third kappa shape index (κ3) is 10.2. The van der Waals surface area contributed by atoms with Gasteiger partial charge < -0.3 is 24.8 Å². The summed E-state index contributed by atoms with van der Waals surface area (Å²) in [6.07, 6.45) is 0. The molecule has 0 saturated carbocycles. The highest BCUT2D eigenvalue weighted by atomic mass is 19.1. The van der Waals surface area contributed by atoms with E-state index in [1.807, 2.05) is 0 Å². The minimum absolute atomic E-state index is 0.0582. The van der Waals surface area contributed by atoms with E-state index in [4.69, 9.17) is 44.0 Å². The highest BCUT2D eigenvalue weighted by Crippen LogP contribution is 2.25. The first-order valence-electron chi connectivity index (χ1n) is 11.9. The molecule has 0 aliphatic carbocycles. The third-order valence-corrected chi connectivity index (χ3v) is 5.70. The second-order valence-corrected chi connectivity index (χ2v) is 8.65. The molecule has 2 heterocycles. The topological polar surface area (TPSA) is 195 Å². The molecule has 2 aromatic carbocycles. The largest absolute Gasteiger partial charge is 0.473 e. The van der Waals surface area contributed by atoms with Crippen LogP contribution >= 0.6 is 0 Å². The molecule has 3 aromatic rings. The lowest BCUT2D eigenvalue weighted by Gasteiger charge is -2.36. The highest BCUT2D eigenvalue weighted by Gasteiger charge is 2.26. The van der Waals surface area contributed by atoms with Crippen LogP contribution < -0.4 is 0 Å². The van der Waals surface area contributed by atoms with Crippen molar-refractivity contribution in [2.45, 2.75) is 26.4 Å². The summed E-state index contributed by atoms with van der Waals surface area (Å²) < 4.78 is 19.0. The molecule has 1 unspecified atom stereocenters. The summed E-state index contributed by atoms with van der Waals surface area (Å²) in [5.74, 6) is -6.54. The quantitative estimate of drug-likeness (QED) is 0.332. The SMILES string of the molecule is Cc1cccc(CN2CCN(C(C)c3nnc(-c4ccc(F)cc4)o3)CC2)c1.O=C(O)C(=O)O.O=C(O)C(=O)O. The maximum absolute atomic E-state index is 13.1. The fraction of sp³-hybridized carbons (Fsp3) is 0.308. The molecule has 1 saturated heterocycles. The number of carboxylic acid groups (broad SMARTS) is 4. The Labute approximate surface area is 228 Å². The number of nitrogens with zero attached hydrogens (tertiary/aromatic N) is 4. The second kappa shape index (κ2) is 15.0. The van der Waals surface area contributed by atoms with Gasteiger partial charge >= 0.3 is 23.9 Å². The van der Waals surface area contributed by atoms with Crippen molar-refractivity contribution in [2.24, 2.45) is 0 Å². The van der Waals surface area contributed by atoms with Crippen molar-refractivity contribution in [1.29, 1.82) is 0 Å². The Morgan fingerprint density at radius 3 is 1.93 bits per heavy atom. The Bertz CT molecular complexity index is 1260. The molecule has 0 radical (unpaired) electrons. The molecule has 1 aliphatic heterocycles. The van der Waals surface area contributed by atoms with Crippen LogP contribution in [0.1, 0.15) is 30.0 Å². The van der Waals surface area contributed by atoms with Crippen molar-refractivity contribution in [1.82, 2.24) is 20.0 Å². The predicted molar refractivity (Wildman–Crippen MR) is 137 cm³/mol. The Kier molecular flexibility index (Phi) is 11.9. The number of piperazine rings is 1. The van der Waals surface area contributed by atoms with E-state index in [0.717, 1.165) is 38.3 Å². The van der Waals surface area contributed by atoms with Crippen LogP contribution in [-0.2, 0) is 25.7 Å². The van der Waals surface area contributed by atoms with Crippen molar-refractivity contribution in [2.75, 3.05) is 26.2 Å². The molecule has 1 atom stereocenters. The molecule has 0 amide bonds. The number of rotatable bonds is 5. The number of benzene rings is 2. The third-order valence-electron chi connectivity index (χ3n) is 5.70. The summed E-state index contributed by atoms with van der Waals surface area (Å²) in [5.41, 5.74) is 3.40. The van der Waals surface area contributed by atoms with Crippen molar-refractivity contribution >= 4 is 23.9 Å². The van der Waals surface area contributed by atoms with Crippen LogP contribution in [0.3, 0.4) is 0 Å². The van der Waals surface area contributed by atoms with Gasteiger partial charge in [-0.2, -0.15) is 0 Å². The molecular weight excluding hydrogens is 531 g/mol. The van der Waals surface area contributed by atoms with Crippen molar-refractivity contribution in [3.63, 3.8) is 0 Å². The first-order valence-corrected chi connectivity index (χ1v) is 11.9. The molecule has 4 rings (SSSR count). The number of carbonyl (C=O) groups is 4. The molecule has 214 valence electrons. The zero-order valence-corrected chi connectivity index (χ0v) is 21.7. The van der Waals surface area contributed by atoms with E-state index in [0.29, 0.717) is 11.8 Å². The van der Waals surface area contributed by atoms with Gasteiger partial charge in [0, 0.05) is 38.3 Å². The first-order chi connectivity index (χ1) is 18.9. The van der Waals surface area contributed by atoms with Crippen LogP contribution in [0.2, 0.25) is 0 Å². The van der Waals surface area contributed by atoms with Gasteiger partial charge in [-0.05, 0) is 43.7 Å². The smallest absolute Gasteiger partial charge is 0.414 e. The lowest BCUT2D eigenvalue weighted by atomic mass is 10.1. The van der Waals surface area contributed by atoms with Crippen LogP contribution in [0.4, 0.5) is 4.39 Å². The molecule has 1 aromatic heterocycles. The lowest BCUT2D eigenvalue weighted by molar-refractivity contribution is -0.159. The lowest BCUT2D eigenvalue weighted by Crippen LogP contribution is -2.46. The van der Waals surface area contributed by atoms with E-state index in [-0.39, 0.29) is 11.9 Å². The summed E-state index contributed by atoms with van der Waals surface area (Å²) in [4.78, 5) is 41.2. The second-order valence-electron chi connectivity index (χ2n) is 8.65. The van der Waals surface area contributed by atoms with E-state index >= 15 is 0 Å². The Morgan fingerprint density at radius 1 is 0.875 bits per heavy atom. The van der Waals surface area contributed by atoms with Crippen LogP contribution in [0.25, 0.3) is 11.5 Å². The van der Waals surface area contributed by atoms with E-state index in [2.05, 4.69) is 58.1 Å². The van der Waals surface area contributed by atoms with Gasteiger partial charge in [-0.25, -0.2) is 23.6 Å². The van der Waals surface area contributed by atoms with Gasteiger partial charge in [0.2, 0.25) is 11.8 Å². The molecule has 40 heavy (non-hydrogen) atoms. The summed E-state index contributed by atoms with van der Waals surface area (Å²) >= 11 is 0. The normalized spacial score (nSPS) is 14.1. The molecule has 13 nitrogen and oxygen atoms in total. The van der Waals surface area contributed by atoms with Gasteiger partial charge in [0.1, 0.15) is 5.82 Å². The van der Waals surface area contributed by atoms with Crippen LogP contribution in [-0.4, -0.2) is 90.5 Å². The molecule has 14 heteroatoms. The molecule has 0 spiro atoms. The number of halogens is 1. The summed E-state index contributed by atoms with van der Waals surface area (Å²) in [7, 11) is 0. The number of hydrogen-bond acceptors (Lipinski definition) is 9. The zero-order chi connectivity index (χ0) is 29.8. The van der Waals surface area contributed by atoms with Gasteiger partial charge in [-0.15, -0.1) is 10.2 Å². The van der Waals surface area contributed by atoms with E-state index in [9.17, 15) is 4.39 Å². The first kappa shape index (κ1) is 31.5. The minimum atomic E-state index is -1.82. The van der Waals surface area contributed by atoms with E-state index < -0.39 is 23.9 Å². The van der Waals surface area contributed by atoms with Gasteiger partial charge in [-0.3, -0.25) is 9.80 Å². The molecule has 4 N–H and O–H groups in total. The molecule has 0 bridgehead atoms. The zero-order valence-electron chi connectivity index (χ0n) is 21.7. The molecular formula is C26H29FN4O9. The van der Waals surface area contributed by atoms with Gasteiger partial charge in [0.25, 0.3) is 0 Å². The number of aryl methyl sites for hydroxylation is 1. The number of aliphatic carboxylic acids is 4. The minimum Gasteiger partial charge on any atom is -0.473 e. The van der Waals surface area contributed by atoms with Crippen LogP contribution in [0.5, 0.6) is 0 Å². The number of carboxylic acids is 4. The maximum Gasteiger partial charge on any atom is 0.414 e. The standard InChI is InChI=1S/C22H25FN4O.2C2H2O4/c1-16-4-3-5-18(14-16)15-26-10-12-27(13-11-26)17(2)21-24-25-22(28-21)19-6-8-20(23)9-7-19;2*3-1(4)2(5)6/h3-9,14,17H,10-13,15H2,1-2H3;2*(H,3,4)(H,5,6). The average molecular weight is 561 g/mol. The predicted octanol–water partition coefficient (Wildman–Crippen LogP) is 2.37. The summed E-state index contributed by atoms with van der Waals surface area (Å²) in [5, 5.41) is 37.9. The maximum atomic E-state index is 13.1. The fourth-order valence-electron chi connectivity index (χ4n) is 3.65. The van der Waals surface area contributed by atoms with Crippen molar-refractivity contribution in [3.05, 3.63) is 71.4 Å². The Balaban J connectivity index is 0.000000393. The average Bonchev–Trinajstić information content (AvgIpc) is 3.40. The summed E-state index contributed by atoms with van der Waals surface area (Å²) in [6, 6.07) is 14.9. The van der Waals surface area contributed by atoms with Crippen LogP contribution in [0.15, 0.2) is 52.9 Å². The molecule has 1 fully saturated rings. The molecule has 1 aliphatic rings. The number of hydrogen-bond donors (Lipinski definition) is 4. The summed E-state index contributed by atoms with van der Waals surface area (Å²) in [6.45, 7) is 9.15. The van der Waals surface area contributed by atoms with E-state index in [1.165, 1.54) is 23.3 Å². The fourth-order valence-corrected chi connectivity index (χ4v) is 3.65. The number of aromatic nitrogens is 2. The Morgan fingerprint density at radius 2 is 1.43 bits per heavy atom. The van der Waals surface area contributed by atoms with Gasteiger partial charge in [0.05, 0.1) is 6.04 Å².